The number of hydrogen-bond donors (Lipinski definition) is 1. The number of amides is 1. The van der Waals surface area contributed by atoms with E-state index < -0.39 is 0 Å². The van der Waals surface area contributed by atoms with E-state index in [9.17, 15) is 4.79 Å². The van der Waals surface area contributed by atoms with Crippen molar-refractivity contribution in [1.82, 2.24) is 10.2 Å². The predicted molar refractivity (Wildman–Crippen MR) is 83.2 cm³/mol. The smallest absolute Gasteiger partial charge is 0.249 e. The Bertz CT molecular complexity index is 341. The Labute approximate surface area is 128 Å². The second-order valence-corrected chi connectivity index (χ2v) is 7.05. The van der Waals surface area contributed by atoms with Gasteiger partial charge in [-0.15, -0.1) is 0 Å². The third kappa shape index (κ3) is 3.59. The van der Waals surface area contributed by atoms with Crippen LogP contribution in [0.5, 0.6) is 0 Å². The first-order valence-corrected chi connectivity index (χ1v) is 8.95. The van der Waals surface area contributed by atoms with Crippen LogP contribution < -0.4 is 5.32 Å². The molecule has 4 nitrogen and oxygen atoms in total. The molecule has 1 aliphatic carbocycles. The van der Waals surface area contributed by atoms with Gasteiger partial charge in [0, 0.05) is 18.7 Å². The van der Waals surface area contributed by atoms with Crippen molar-refractivity contribution >= 4 is 5.91 Å². The summed E-state index contributed by atoms with van der Waals surface area (Å²) in [5.41, 5.74) is 0.229. The minimum atomic E-state index is -0.188. The summed E-state index contributed by atoms with van der Waals surface area (Å²) in [6, 6.07) is 0. The Morgan fingerprint density at radius 1 is 1.05 bits per heavy atom. The van der Waals surface area contributed by atoms with Crippen LogP contribution in [0, 0.1) is 0 Å². The van der Waals surface area contributed by atoms with E-state index in [-0.39, 0.29) is 17.6 Å². The summed E-state index contributed by atoms with van der Waals surface area (Å²) in [5.74, 6) is 0.120. The van der Waals surface area contributed by atoms with Gasteiger partial charge in [-0.3, -0.25) is 9.69 Å². The number of likely N-dealkylation sites (tertiary alicyclic amines) is 1. The topological polar surface area (TPSA) is 41.6 Å². The van der Waals surface area contributed by atoms with Crippen LogP contribution in [0.3, 0.4) is 0 Å². The van der Waals surface area contributed by atoms with Gasteiger partial charge in [-0.2, -0.15) is 0 Å². The fourth-order valence-electron chi connectivity index (χ4n) is 4.33. The van der Waals surface area contributed by atoms with Crippen LogP contribution in [0.4, 0.5) is 0 Å². The lowest BCUT2D eigenvalue weighted by Crippen LogP contribution is -2.58. The fraction of sp³-hybridized carbons (Fsp3) is 0.941. The molecule has 1 N–H and O–H groups in total. The summed E-state index contributed by atoms with van der Waals surface area (Å²) in [6.07, 6.45) is 12.2. The Morgan fingerprint density at radius 2 is 1.76 bits per heavy atom. The van der Waals surface area contributed by atoms with Gasteiger partial charge in [0.1, 0.15) is 6.10 Å². The Kier molecular flexibility index (Phi) is 5.17. The molecule has 0 aromatic carbocycles. The van der Waals surface area contributed by atoms with Gasteiger partial charge < -0.3 is 10.1 Å². The highest BCUT2D eigenvalue weighted by molar-refractivity contribution is 5.81. The molecule has 1 amide bonds. The van der Waals surface area contributed by atoms with Crippen molar-refractivity contribution in [3.63, 3.8) is 0 Å². The van der Waals surface area contributed by atoms with E-state index in [1.807, 2.05) is 0 Å². The molecule has 0 radical (unpaired) electrons. The summed E-state index contributed by atoms with van der Waals surface area (Å²) >= 11 is 0. The molecule has 3 rings (SSSR count). The van der Waals surface area contributed by atoms with Gasteiger partial charge in [0.2, 0.25) is 5.91 Å². The van der Waals surface area contributed by atoms with Crippen LogP contribution in [0.2, 0.25) is 0 Å². The van der Waals surface area contributed by atoms with E-state index in [0.29, 0.717) is 0 Å². The quantitative estimate of drug-likeness (QED) is 0.866. The lowest BCUT2D eigenvalue weighted by Gasteiger charge is -2.48. The highest BCUT2D eigenvalue weighted by atomic mass is 16.5. The molecular weight excluding hydrogens is 264 g/mol. The SMILES string of the molecule is O=C(NCC1(N2CCCCC2)CCCCC1)C1CCCO1. The van der Waals surface area contributed by atoms with Gasteiger partial charge >= 0.3 is 0 Å². The van der Waals surface area contributed by atoms with Crippen LogP contribution in [0.15, 0.2) is 0 Å². The van der Waals surface area contributed by atoms with Gasteiger partial charge in [0.05, 0.1) is 0 Å². The second-order valence-electron chi connectivity index (χ2n) is 7.05. The molecule has 0 spiro atoms. The average Bonchev–Trinajstić information content (AvgIpc) is 3.09. The third-order valence-corrected chi connectivity index (χ3v) is 5.62. The summed E-state index contributed by atoms with van der Waals surface area (Å²) < 4.78 is 5.51. The normalized spacial score (nSPS) is 30.2. The van der Waals surface area contributed by atoms with Gasteiger partial charge in [-0.05, 0) is 51.6 Å². The summed E-state index contributed by atoms with van der Waals surface area (Å²) in [4.78, 5) is 14.9. The predicted octanol–water partition coefficient (Wildman–Crippen LogP) is 2.47. The maximum atomic E-state index is 12.3. The number of nitrogens with one attached hydrogen (secondary N) is 1. The van der Waals surface area contributed by atoms with Crippen LogP contribution in [0.1, 0.15) is 64.2 Å². The molecule has 120 valence electrons. The first-order chi connectivity index (χ1) is 10.3. The highest BCUT2D eigenvalue weighted by Gasteiger charge is 2.39. The molecule has 0 bridgehead atoms. The number of carbonyl (C=O) groups excluding carboxylic acids is 1. The molecule has 21 heavy (non-hydrogen) atoms. The van der Waals surface area contributed by atoms with Gasteiger partial charge in [0.15, 0.2) is 0 Å². The van der Waals surface area contributed by atoms with Crippen molar-refractivity contribution in [1.29, 1.82) is 0 Å². The monoisotopic (exact) mass is 294 g/mol. The number of nitrogens with zero attached hydrogens (tertiary/aromatic N) is 1. The molecule has 1 saturated carbocycles. The zero-order valence-electron chi connectivity index (χ0n) is 13.2. The van der Waals surface area contributed by atoms with E-state index in [1.54, 1.807) is 0 Å². The maximum Gasteiger partial charge on any atom is 0.249 e. The van der Waals surface area contributed by atoms with E-state index in [4.69, 9.17) is 4.74 Å². The van der Waals surface area contributed by atoms with E-state index >= 15 is 0 Å². The molecule has 1 unspecified atom stereocenters. The summed E-state index contributed by atoms with van der Waals surface area (Å²) in [6.45, 7) is 4.01. The summed E-state index contributed by atoms with van der Waals surface area (Å²) in [5, 5.41) is 3.23. The van der Waals surface area contributed by atoms with Crippen molar-refractivity contribution in [2.45, 2.75) is 75.9 Å². The number of hydrogen-bond acceptors (Lipinski definition) is 3. The molecule has 2 saturated heterocycles. The summed E-state index contributed by atoms with van der Waals surface area (Å²) in [7, 11) is 0. The van der Waals surface area contributed by atoms with E-state index in [2.05, 4.69) is 10.2 Å². The minimum absolute atomic E-state index is 0.120. The molecular formula is C17H30N2O2. The molecule has 2 aliphatic heterocycles. The maximum absolute atomic E-state index is 12.3. The van der Waals surface area contributed by atoms with Gasteiger partial charge in [0.25, 0.3) is 0 Å². The standard InChI is InChI=1S/C17H30N2O2/c20-16(15-8-7-13-21-15)18-14-17(9-3-1-4-10-17)19-11-5-2-6-12-19/h15H,1-14H2,(H,18,20). The molecule has 2 heterocycles. The molecule has 3 fully saturated rings. The lowest BCUT2D eigenvalue weighted by atomic mass is 9.79. The Morgan fingerprint density at radius 3 is 2.43 bits per heavy atom. The van der Waals surface area contributed by atoms with Crippen molar-refractivity contribution in [3.05, 3.63) is 0 Å². The van der Waals surface area contributed by atoms with Crippen molar-refractivity contribution in [2.24, 2.45) is 0 Å². The average molecular weight is 294 g/mol. The molecule has 1 atom stereocenters. The van der Waals surface area contributed by atoms with Crippen LogP contribution in [0.25, 0.3) is 0 Å². The Hall–Kier alpha value is -0.610. The number of rotatable bonds is 4. The van der Waals surface area contributed by atoms with Crippen molar-refractivity contribution < 1.29 is 9.53 Å². The van der Waals surface area contributed by atoms with Crippen molar-refractivity contribution in [2.75, 3.05) is 26.2 Å². The molecule has 3 aliphatic rings. The zero-order chi connectivity index (χ0) is 14.5. The number of piperidine rings is 1. The minimum Gasteiger partial charge on any atom is -0.368 e. The van der Waals surface area contributed by atoms with Crippen LogP contribution in [-0.2, 0) is 9.53 Å². The molecule has 0 aromatic heterocycles. The number of carbonyl (C=O) groups is 1. The number of ether oxygens (including phenoxy) is 1. The highest BCUT2D eigenvalue weighted by Crippen LogP contribution is 2.35. The van der Waals surface area contributed by atoms with E-state index in [0.717, 1.165) is 26.0 Å². The van der Waals surface area contributed by atoms with E-state index in [1.165, 1.54) is 64.5 Å². The Balaban J connectivity index is 1.60. The third-order valence-electron chi connectivity index (χ3n) is 5.62. The van der Waals surface area contributed by atoms with Gasteiger partial charge in [-0.25, -0.2) is 0 Å². The van der Waals surface area contributed by atoms with Crippen molar-refractivity contribution in [3.8, 4) is 0 Å². The first kappa shape index (κ1) is 15.3. The van der Waals surface area contributed by atoms with Crippen LogP contribution >= 0.6 is 0 Å². The largest absolute Gasteiger partial charge is 0.368 e. The first-order valence-electron chi connectivity index (χ1n) is 8.95. The fourth-order valence-corrected chi connectivity index (χ4v) is 4.33. The second kappa shape index (κ2) is 7.10. The van der Waals surface area contributed by atoms with Crippen LogP contribution in [-0.4, -0.2) is 48.7 Å². The van der Waals surface area contributed by atoms with Gasteiger partial charge in [-0.1, -0.05) is 25.7 Å². The molecule has 4 heteroatoms. The molecule has 0 aromatic rings. The lowest BCUT2D eigenvalue weighted by molar-refractivity contribution is -0.131. The zero-order valence-corrected chi connectivity index (χ0v) is 13.2.